The highest BCUT2D eigenvalue weighted by Gasteiger charge is 2.22. The van der Waals surface area contributed by atoms with Gasteiger partial charge < -0.3 is 9.64 Å². The molecule has 1 aliphatic rings. The first kappa shape index (κ1) is 13.4. The third-order valence-electron chi connectivity index (χ3n) is 3.85. The molecule has 114 valence electrons. The van der Waals surface area contributed by atoms with Gasteiger partial charge in [0, 0.05) is 37.5 Å². The molecule has 0 aromatic carbocycles. The topological polar surface area (TPSA) is 68.4 Å². The molecule has 22 heavy (non-hydrogen) atoms. The van der Waals surface area contributed by atoms with Crippen molar-refractivity contribution in [3.8, 4) is 5.19 Å². The van der Waals surface area contributed by atoms with Gasteiger partial charge in [-0.15, -0.1) is 15.3 Å². The number of anilines is 1. The molecule has 0 aliphatic carbocycles. The molecule has 1 saturated heterocycles. The summed E-state index contributed by atoms with van der Waals surface area (Å²) < 4.78 is 7.68. The first-order chi connectivity index (χ1) is 10.8. The van der Waals surface area contributed by atoms with Crippen molar-refractivity contribution >= 4 is 22.8 Å². The number of ether oxygens (including phenoxy) is 1. The molecule has 0 radical (unpaired) electrons. The zero-order chi connectivity index (χ0) is 14.9. The molecule has 1 fully saturated rings. The van der Waals surface area contributed by atoms with Crippen molar-refractivity contribution in [3.05, 3.63) is 29.5 Å². The molecule has 3 aromatic rings. The fraction of sp³-hybridized carbons (Fsp3) is 0.429. The average Bonchev–Trinajstić information content (AvgIpc) is 3.18. The van der Waals surface area contributed by atoms with E-state index in [1.54, 1.807) is 22.0 Å². The van der Waals surface area contributed by atoms with Gasteiger partial charge in [0.15, 0.2) is 11.5 Å². The summed E-state index contributed by atoms with van der Waals surface area (Å²) in [6.45, 7) is 3.76. The van der Waals surface area contributed by atoms with E-state index in [0.717, 1.165) is 48.4 Å². The summed E-state index contributed by atoms with van der Waals surface area (Å²) in [5, 5.41) is 15.4. The molecular weight excluding hydrogens is 300 g/mol. The predicted molar refractivity (Wildman–Crippen MR) is 83.5 cm³/mol. The van der Waals surface area contributed by atoms with E-state index in [4.69, 9.17) is 4.74 Å². The van der Waals surface area contributed by atoms with E-state index in [-0.39, 0.29) is 6.10 Å². The Balaban J connectivity index is 1.44. The van der Waals surface area contributed by atoms with Gasteiger partial charge >= 0.3 is 0 Å². The fourth-order valence-electron chi connectivity index (χ4n) is 2.67. The molecule has 7 nitrogen and oxygen atoms in total. The Labute approximate surface area is 131 Å². The van der Waals surface area contributed by atoms with Crippen LogP contribution in [0.3, 0.4) is 0 Å². The van der Waals surface area contributed by atoms with Gasteiger partial charge in [0.1, 0.15) is 11.9 Å². The van der Waals surface area contributed by atoms with Gasteiger partial charge in [-0.25, -0.2) is 4.98 Å². The first-order valence-electron chi connectivity index (χ1n) is 7.30. The van der Waals surface area contributed by atoms with Crippen LogP contribution in [0.2, 0.25) is 0 Å². The summed E-state index contributed by atoms with van der Waals surface area (Å²) in [6, 6.07) is 3.96. The van der Waals surface area contributed by atoms with Crippen molar-refractivity contribution in [1.29, 1.82) is 0 Å². The van der Waals surface area contributed by atoms with Gasteiger partial charge in [0.25, 0.3) is 5.19 Å². The third-order valence-corrected chi connectivity index (χ3v) is 4.51. The van der Waals surface area contributed by atoms with Gasteiger partial charge in [-0.2, -0.15) is 4.52 Å². The van der Waals surface area contributed by atoms with Crippen molar-refractivity contribution < 1.29 is 4.74 Å². The summed E-state index contributed by atoms with van der Waals surface area (Å²) in [4.78, 5) is 6.46. The molecule has 0 saturated carbocycles. The second-order valence-corrected chi connectivity index (χ2v) is 6.17. The Bertz CT molecular complexity index is 763. The minimum absolute atomic E-state index is 0.239. The summed E-state index contributed by atoms with van der Waals surface area (Å²) in [5.41, 5.74) is 0.781. The van der Waals surface area contributed by atoms with Gasteiger partial charge in [0.2, 0.25) is 0 Å². The number of fused-ring (bicyclic) bond motifs is 1. The van der Waals surface area contributed by atoms with Crippen LogP contribution >= 0.6 is 11.3 Å². The number of piperidine rings is 1. The van der Waals surface area contributed by atoms with Crippen LogP contribution in [-0.4, -0.2) is 44.0 Å². The Kier molecular flexibility index (Phi) is 3.38. The molecule has 1 aliphatic heterocycles. The van der Waals surface area contributed by atoms with Crippen LogP contribution in [-0.2, 0) is 0 Å². The van der Waals surface area contributed by atoms with Crippen LogP contribution < -0.4 is 9.64 Å². The van der Waals surface area contributed by atoms with Gasteiger partial charge in [-0.1, -0.05) is 11.3 Å². The molecule has 4 rings (SSSR count). The maximum absolute atomic E-state index is 5.89. The molecular formula is C14H16N6OS. The van der Waals surface area contributed by atoms with Crippen molar-refractivity contribution in [2.45, 2.75) is 25.9 Å². The van der Waals surface area contributed by atoms with E-state index in [9.17, 15) is 0 Å². The Morgan fingerprint density at radius 2 is 2.09 bits per heavy atom. The van der Waals surface area contributed by atoms with Crippen molar-refractivity contribution in [2.24, 2.45) is 0 Å². The zero-order valence-corrected chi connectivity index (χ0v) is 13.0. The van der Waals surface area contributed by atoms with Gasteiger partial charge in [0.05, 0.1) is 0 Å². The van der Waals surface area contributed by atoms with Crippen molar-refractivity contribution in [2.75, 3.05) is 18.0 Å². The highest BCUT2D eigenvalue weighted by atomic mass is 32.1. The normalized spacial score (nSPS) is 16.3. The molecule has 0 atom stereocenters. The largest absolute Gasteiger partial charge is 0.467 e. The number of hydrogen-bond acceptors (Lipinski definition) is 7. The minimum Gasteiger partial charge on any atom is -0.467 e. The Hall–Kier alpha value is -2.22. The number of nitrogens with zero attached hydrogens (tertiary/aromatic N) is 6. The summed E-state index contributed by atoms with van der Waals surface area (Å²) in [7, 11) is 0. The van der Waals surface area contributed by atoms with E-state index in [1.807, 2.05) is 24.4 Å². The monoisotopic (exact) mass is 316 g/mol. The number of aromatic nitrogens is 5. The van der Waals surface area contributed by atoms with E-state index in [2.05, 4.69) is 25.2 Å². The summed E-state index contributed by atoms with van der Waals surface area (Å²) in [5.74, 6) is 1.77. The number of hydrogen-bond donors (Lipinski definition) is 0. The highest BCUT2D eigenvalue weighted by Crippen LogP contribution is 2.23. The molecule has 3 aromatic heterocycles. The summed E-state index contributed by atoms with van der Waals surface area (Å²) >= 11 is 1.54. The zero-order valence-electron chi connectivity index (χ0n) is 12.2. The van der Waals surface area contributed by atoms with Crippen molar-refractivity contribution in [3.63, 3.8) is 0 Å². The van der Waals surface area contributed by atoms with Crippen LogP contribution in [0, 0.1) is 6.92 Å². The van der Waals surface area contributed by atoms with E-state index in [1.165, 1.54) is 0 Å². The second-order valence-electron chi connectivity index (χ2n) is 5.31. The second kappa shape index (κ2) is 5.53. The number of thiazole rings is 1. The van der Waals surface area contributed by atoms with E-state index >= 15 is 0 Å². The van der Waals surface area contributed by atoms with Gasteiger partial charge in [-0.05, 0) is 19.1 Å². The lowest BCUT2D eigenvalue weighted by atomic mass is 10.1. The van der Waals surface area contributed by atoms with E-state index < -0.39 is 0 Å². The quantitative estimate of drug-likeness (QED) is 0.735. The standard InChI is InChI=1S/C14H16N6OS/c1-10-16-17-12-2-3-13(18-20(10)12)19-7-4-11(5-8-19)21-14-15-6-9-22-14/h2-3,6,9,11H,4-5,7-8H2,1H3. The third kappa shape index (κ3) is 2.50. The summed E-state index contributed by atoms with van der Waals surface area (Å²) in [6.07, 6.45) is 3.96. The molecule has 0 N–H and O–H groups in total. The lowest BCUT2D eigenvalue weighted by Gasteiger charge is -2.32. The van der Waals surface area contributed by atoms with Gasteiger partial charge in [-0.3, -0.25) is 0 Å². The molecule has 0 spiro atoms. The molecule has 4 heterocycles. The first-order valence-corrected chi connectivity index (χ1v) is 8.18. The smallest absolute Gasteiger partial charge is 0.273 e. The molecule has 0 bridgehead atoms. The predicted octanol–water partition coefficient (Wildman–Crippen LogP) is 1.94. The fourth-order valence-corrected chi connectivity index (χ4v) is 3.22. The van der Waals surface area contributed by atoms with Crippen LogP contribution in [0.1, 0.15) is 18.7 Å². The van der Waals surface area contributed by atoms with Crippen molar-refractivity contribution in [1.82, 2.24) is 24.8 Å². The van der Waals surface area contributed by atoms with Crippen LogP contribution in [0.25, 0.3) is 5.65 Å². The average molecular weight is 316 g/mol. The molecule has 0 amide bonds. The maximum atomic E-state index is 5.89. The number of aryl methyl sites for hydroxylation is 1. The SMILES string of the molecule is Cc1nnc2ccc(N3CCC(Oc4nccs4)CC3)nn12. The lowest BCUT2D eigenvalue weighted by Crippen LogP contribution is -2.38. The number of rotatable bonds is 3. The van der Waals surface area contributed by atoms with Crippen LogP contribution in [0.4, 0.5) is 5.82 Å². The minimum atomic E-state index is 0.239. The molecule has 8 heteroatoms. The Morgan fingerprint density at radius 1 is 1.23 bits per heavy atom. The maximum Gasteiger partial charge on any atom is 0.273 e. The van der Waals surface area contributed by atoms with E-state index in [0.29, 0.717) is 0 Å². The molecule has 0 unspecified atom stereocenters. The Morgan fingerprint density at radius 3 is 2.86 bits per heavy atom. The van der Waals surface area contributed by atoms with Crippen LogP contribution in [0.5, 0.6) is 5.19 Å². The lowest BCUT2D eigenvalue weighted by molar-refractivity contribution is 0.170. The van der Waals surface area contributed by atoms with Crippen LogP contribution in [0.15, 0.2) is 23.7 Å². The highest BCUT2D eigenvalue weighted by molar-refractivity contribution is 7.11.